The summed E-state index contributed by atoms with van der Waals surface area (Å²) in [6, 6.07) is 0. The van der Waals surface area contributed by atoms with E-state index < -0.39 is 0 Å². The molecule has 6 nitrogen and oxygen atoms in total. The van der Waals surface area contributed by atoms with Gasteiger partial charge in [-0.3, -0.25) is 9.59 Å². The number of aromatic nitrogens is 2. The number of allylic oxidation sites excluding steroid dienone is 12. The Morgan fingerprint density at radius 3 is 1.78 bits per heavy atom. The van der Waals surface area contributed by atoms with Crippen LogP contribution in [0.2, 0.25) is 0 Å². The maximum Gasteiger partial charge on any atom is 0.276 e. The highest BCUT2D eigenvalue weighted by Crippen LogP contribution is 2.19. The zero-order chi connectivity index (χ0) is 29.8. The highest BCUT2D eigenvalue weighted by atomic mass is 33.1. The minimum absolute atomic E-state index is 0.0844. The third kappa shape index (κ3) is 21.6. The first kappa shape index (κ1) is 36.2. The van der Waals surface area contributed by atoms with Crippen LogP contribution >= 0.6 is 21.6 Å². The molecule has 0 aliphatic heterocycles. The summed E-state index contributed by atoms with van der Waals surface area (Å²) in [4.78, 5) is 28.3. The fourth-order valence-electron chi connectivity index (χ4n) is 3.28. The molecule has 8 heteroatoms. The SMILES string of the molecule is CC/C=C\C/C=C\C/C=C\C/C=C\C/C=C\C/C=C\CCC(=O)NCCSSCCNC(=O)c1c[n+](C)c(C)cn1. The topological polar surface area (TPSA) is 75.0 Å². The van der Waals surface area contributed by atoms with Gasteiger partial charge >= 0.3 is 0 Å². The van der Waals surface area contributed by atoms with Crippen LogP contribution in [0.4, 0.5) is 0 Å². The number of nitrogens with one attached hydrogen (secondary N) is 2. The van der Waals surface area contributed by atoms with E-state index in [-0.39, 0.29) is 11.8 Å². The Morgan fingerprint density at radius 1 is 0.780 bits per heavy atom. The van der Waals surface area contributed by atoms with Crippen molar-refractivity contribution in [1.29, 1.82) is 0 Å². The number of hydrogen-bond acceptors (Lipinski definition) is 5. The Kier molecular flexibility index (Phi) is 23.0. The average Bonchev–Trinajstić information content (AvgIpc) is 2.97. The van der Waals surface area contributed by atoms with Gasteiger partial charge in [-0.2, -0.15) is 0 Å². The molecule has 0 aliphatic carbocycles. The van der Waals surface area contributed by atoms with E-state index in [1.165, 1.54) is 0 Å². The molecule has 1 aromatic rings. The number of nitrogens with zero attached hydrogens (tertiary/aromatic N) is 2. The van der Waals surface area contributed by atoms with Crippen molar-refractivity contribution >= 4 is 33.4 Å². The summed E-state index contributed by atoms with van der Waals surface area (Å²) in [5.74, 6) is 1.55. The van der Waals surface area contributed by atoms with Crippen molar-refractivity contribution in [1.82, 2.24) is 15.6 Å². The van der Waals surface area contributed by atoms with E-state index in [2.05, 4.69) is 95.5 Å². The molecule has 2 N–H and O–H groups in total. The van der Waals surface area contributed by atoms with Crippen molar-refractivity contribution in [3.8, 4) is 0 Å². The molecule has 1 heterocycles. The van der Waals surface area contributed by atoms with Gasteiger partial charge in [0.25, 0.3) is 5.91 Å². The number of carbonyl (C=O) groups excluding carboxylic acids is 2. The van der Waals surface area contributed by atoms with E-state index in [9.17, 15) is 9.59 Å². The summed E-state index contributed by atoms with van der Waals surface area (Å²) < 4.78 is 1.88. The number of amides is 2. The first-order valence-electron chi connectivity index (χ1n) is 14.6. The summed E-state index contributed by atoms with van der Waals surface area (Å²) in [5.41, 5.74) is 1.41. The molecule has 0 bridgehead atoms. The Hall–Kier alpha value is -2.84. The average molecular weight is 598 g/mol. The number of hydrogen-bond donors (Lipinski definition) is 2. The van der Waals surface area contributed by atoms with Crippen LogP contribution in [0, 0.1) is 6.92 Å². The quantitative estimate of drug-likeness (QED) is 0.0657. The van der Waals surface area contributed by atoms with Crippen molar-refractivity contribution in [2.75, 3.05) is 24.6 Å². The van der Waals surface area contributed by atoms with Gasteiger partial charge in [0.1, 0.15) is 7.05 Å². The van der Waals surface area contributed by atoms with Gasteiger partial charge in [-0.1, -0.05) is 101 Å². The van der Waals surface area contributed by atoms with E-state index in [4.69, 9.17) is 0 Å². The maximum atomic E-state index is 12.1. The molecular weight excluding hydrogens is 549 g/mol. The summed E-state index contributed by atoms with van der Waals surface area (Å²) >= 11 is 0. The van der Waals surface area contributed by atoms with Crippen molar-refractivity contribution in [2.45, 2.75) is 65.2 Å². The van der Waals surface area contributed by atoms with Crippen LogP contribution in [-0.4, -0.2) is 41.4 Å². The fraction of sp³-hybridized carbons (Fsp3) is 0.455. The number of rotatable bonds is 22. The lowest BCUT2D eigenvalue weighted by atomic mass is 10.2. The minimum Gasteiger partial charge on any atom is -0.355 e. The predicted octanol–water partition coefficient (Wildman–Crippen LogP) is 6.92. The Labute approximate surface area is 256 Å². The highest BCUT2D eigenvalue weighted by molar-refractivity contribution is 8.76. The van der Waals surface area contributed by atoms with Gasteiger partial charge in [0.2, 0.25) is 5.91 Å². The Morgan fingerprint density at radius 2 is 1.27 bits per heavy atom. The summed E-state index contributed by atoms with van der Waals surface area (Å²) in [5, 5.41) is 5.85. The normalized spacial score (nSPS) is 12.3. The van der Waals surface area contributed by atoms with E-state index in [0.29, 0.717) is 25.2 Å². The van der Waals surface area contributed by atoms with Gasteiger partial charge < -0.3 is 10.6 Å². The summed E-state index contributed by atoms with van der Waals surface area (Å²) in [6.45, 7) is 5.32. The van der Waals surface area contributed by atoms with Crippen molar-refractivity contribution in [3.05, 3.63) is 96.7 Å². The zero-order valence-electron chi connectivity index (χ0n) is 25.1. The molecule has 0 atom stereocenters. The van der Waals surface area contributed by atoms with Crippen LogP contribution in [0.25, 0.3) is 0 Å². The second kappa shape index (κ2) is 26.1. The van der Waals surface area contributed by atoms with Crippen LogP contribution in [0.15, 0.2) is 85.3 Å². The van der Waals surface area contributed by atoms with E-state index >= 15 is 0 Å². The molecule has 0 aromatic carbocycles. The third-order valence-corrected chi connectivity index (χ3v) is 8.10. The molecule has 224 valence electrons. The molecule has 0 aliphatic rings. The van der Waals surface area contributed by atoms with Gasteiger partial charge in [0.05, 0.1) is 6.20 Å². The minimum atomic E-state index is -0.162. The van der Waals surface area contributed by atoms with Crippen LogP contribution in [0.1, 0.15) is 74.5 Å². The smallest absolute Gasteiger partial charge is 0.276 e. The van der Waals surface area contributed by atoms with Crippen LogP contribution in [0.3, 0.4) is 0 Å². The molecule has 0 fully saturated rings. The lowest BCUT2D eigenvalue weighted by molar-refractivity contribution is -0.678. The van der Waals surface area contributed by atoms with E-state index in [1.807, 2.05) is 18.5 Å². The third-order valence-electron chi connectivity index (χ3n) is 5.69. The number of carbonyl (C=O) groups is 2. The summed E-state index contributed by atoms with van der Waals surface area (Å²) in [6.07, 6.45) is 36.8. The molecule has 1 rings (SSSR count). The molecule has 0 saturated heterocycles. The lowest BCUT2D eigenvalue weighted by Crippen LogP contribution is -2.35. The van der Waals surface area contributed by atoms with Gasteiger partial charge in [-0.25, -0.2) is 9.55 Å². The van der Waals surface area contributed by atoms with Crippen LogP contribution < -0.4 is 15.2 Å². The molecular formula is C33H49N4O2S2+. The van der Waals surface area contributed by atoms with Gasteiger partial charge in [-0.15, -0.1) is 0 Å². The first-order chi connectivity index (χ1) is 20.0. The molecule has 0 unspecified atom stereocenters. The lowest BCUT2D eigenvalue weighted by Gasteiger charge is -2.05. The van der Waals surface area contributed by atoms with Gasteiger partial charge in [0.15, 0.2) is 17.6 Å². The first-order valence-corrected chi connectivity index (χ1v) is 17.0. The van der Waals surface area contributed by atoms with Crippen molar-refractivity contribution in [3.63, 3.8) is 0 Å². The van der Waals surface area contributed by atoms with E-state index in [1.54, 1.807) is 34.0 Å². The monoisotopic (exact) mass is 597 g/mol. The second-order valence-electron chi connectivity index (χ2n) is 9.23. The second-order valence-corrected chi connectivity index (χ2v) is 11.9. The largest absolute Gasteiger partial charge is 0.355 e. The Balaban J connectivity index is 1.93. The molecule has 0 saturated carbocycles. The highest BCUT2D eigenvalue weighted by Gasteiger charge is 2.12. The van der Waals surface area contributed by atoms with Gasteiger partial charge in [0, 0.05) is 37.9 Å². The maximum absolute atomic E-state index is 12.1. The molecule has 41 heavy (non-hydrogen) atoms. The number of aryl methyl sites for hydroxylation is 2. The molecule has 0 radical (unpaired) electrons. The van der Waals surface area contributed by atoms with Crippen molar-refractivity contribution in [2.24, 2.45) is 7.05 Å². The molecule has 1 aromatic heterocycles. The standard InChI is InChI=1S/C33H48N4O2S2/c1-4-5-6-7-8-9-10-11-12-13-14-15-16-17-18-19-20-21-22-23-32(38)34-24-26-40-41-27-25-35-33(39)31-29-37(3)30(2)28-36-31/h5-6,8-9,11-12,14-15,17-18,20-21,28-29H,4,7,10,13,16,19,22-27H2,1-3H3,(H-,34,35,38,39)/p+1/b6-5-,9-8-,12-11-,15-14-,18-17-,21-20-. The predicted molar refractivity (Wildman–Crippen MR) is 178 cm³/mol. The van der Waals surface area contributed by atoms with Crippen LogP contribution in [-0.2, 0) is 11.8 Å². The molecule has 2 amide bonds. The zero-order valence-corrected chi connectivity index (χ0v) is 26.7. The van der Waals surface area contributed by atoms with Crippen LogP contribution in [0.5, 0.6) is 0 Å². The van der Waals surface area contributed by atoms with Gasteiger partial charge in [-0.05, 0) is 44.9 Å². The fourth-order valence-corrected chi connectivity index (χ4v) is 5.09. The van der Waals surface area contributed by atoms with E-state index in [0.717, 1.165) is 62.1 Å². The Bertz CT molecular complexity index is 1050. The molecule has 0 spiro atoms. The van der Waals surface area contributed by atoms with Crippen molar-refractivity contribution < 1.29 is 14.2 Å². The summed E-state index contributed by atoms with van der Waals surface area (Å²) in [7, 11) is 5.28.